The van der Waals surface area contributed by atoms with Crippen LogP contribution in [0.15, 0.2) is 17.8 Å². The molecule has 4 heterocycles. The second-order valence-corrected chi connectivity index (χ2v) is 9.32. The number of nitrogens with zero attached hydrogens (tertiary/aromatic N) is 4. The van der Waals surface area contributed by atoms with Gasteiger partial charge < -0.3 is 24.4 Å². The second kappa shape index (κ2) is 6.10. The SMILES string of the molecule is COC12CC(C(=O)Nc3nc(Oc4cnc(N5CC6CC5CO6)nc4)cs3)(C1)C2. The van der Waals surface area contributed by atoms with E-state index < -0.39 is 0 Å². The zero-order valence-electron chi connectivity index (χ0n) is 16.0. The van der Waals surface area contributed by atoms with Crippen LogP contribution >= 0.6 is 11.3 Å². The number of methoxy groups -OCH3 is 1. The van der Waals surface area contributed by atoms with Gasteiger partial charge in [0.05, 0.1) is 47.5 Å². The highest BCUT2D eigenvalue weighted by Crippen LogP contribution is 2.69. The van der Waals surface area contributed by atoms with Crippen molar-refractivity contribution < 1.29 is 19.0 Å². The number of fused-ring (bicyclic) bond motifs is 2. The summed E-state index contributed by atoms with van der Waals surface area (Å²) in [4.78, 5) is 27.9. The van der Waals surface area contributed by atoms with E-state index in [9.17, 15) is 4.79 Å². The molecular formula is C19H21N5O4S. The van der Waals surface area contributed by atoms with E-state index in [1.165, 1.54) is 11.3 Å². The standard InChI is InChI=1S/C19H21N5O4S/c1-26-19-8-18(9-19,10-19)15(25)23-17-22-14(7-29-17)28-13-3-20-16(21-4-13)24-5-12-2-11(24)6-27-12/h3-4,7,11-12H,2,5-6,8-10H2,1H3,(H,22,23,25). The Morgan fingerprint density at radius 3 is 2.79 bits per heavy atom. The van der Waals surface area contributed by atoms with Crippen molar-refractivity contribution in [3.05, 3.63) is 17.8 Å². The molecule has 0 aromatic carbocycles. The van der Waals surface area contributed by atoms with Gasteiger partial charge >= 0.3 is 0 Å². The average molecular weight is 415 g/mol. The molecule has 3 aliphatic carbocycles. The molecule has 29 heavy (non-hydrogen) atoms. The van der Waals surface area contributed by atoms with Gasteiger partial charge in [0, 0.05) is 13.7 Å². The monoisotopic (exact) mass is 415 g/mol. The highest BCUT2D eigenvalue weighted by atomic mass is 32.1. The molecule has 1 N–H and O–H groups in total. The topological polar surface area (TPSA) is 98.7 Å². The van der Waals surface area contributed by atoms with E-state index in [1.807, 2.05) is 0 Å². The molecular weight excluding hydrogens is 394 g/mol. The van der Waals surface area contributed by atoms with Gasteiger partial charge in [-0.3, -0.25) is 4.79 Å². The summed E-state index contributed by atoms with van der Waals surface area (Å²) in [6, 6.07) is 0.372. The fourth-order valence-corrected chi connectivity index (χ4v) is 5.63. The van der Waals surface area contributed by atoms with Gasteiger partial charge in [0.15, 0.2) is 10.9 Å². The van der Waals surface area contributed by atoms with E-state index in [1.54, 1.807) is 24.9 Å². The van der Waals surface area contributed by atoms with Crippen LogP contribution in [-0.4, -0.2) is 58.9 Å². The predicted octanol–water partition coefficient (Wildman–Crippen LogP) is 2.21. The highest BCUT2D eigenvalue weighted by Gasteiger charge is 2.72. The maximum absolute atomic E-state index is 12.5. The van der Waals surface area contributed by atoms with Gasteiger partial charge in [0.2, 0.25) is 17.7 Å². The van der Waals surface area contributed by atoms with Crippen molar-refractivity contribution in [2.24, 2.45) is 5.41 Å². The van der Waals surface area contributed by atoms with Gasteiger partial charge in [0.1, 0.15) is 0 Å². The number of amides is 1. The predicted molar refractivity (Wildman–Crippen MR) is 104 cm³/mol. The summed E-state index contributed by atoms with van der Waals surface area (Å²) in [5, 5.41) is 5.21. The number of nitrogens with one attached hydrogen (secondary N) is 1. The van der Waals surface area contributed by atoms with Gasteiger partial charge in [-0.2, -0.15) is 4.98 Å². The maximum Gasteiger partial charge on any atom is 0.232 e. The smallest absolute Gasteiger partial charge is 0.232 e. The Labute approximate surface area is 171 Å². The Balaban J connectivity index is 1.07. The van der Waals surface area contributed by atoms with Crippen molar-refractivity contribution in [1.29, 1.82) is 0 Å². The van der Waals surface area contributed by atoms with Gasteiger partial charge in [-0.05, 0) is 25.7 Å². The van der Waals surface area contributed by atoms with Crippen molar-refractivity contribution in [2.45, 2.75) is 43.4 Å². The molecule has 5 aliphatic rings. The number of carbonyl (C=O) groups excluding carboxylic acids is 1. The molecule has 2 saturated heterocycles. The lowest BCUT2D eigenvalue weighted by Gasteiger charge is -2.67. The minimum absolute atomic E-state index is 0.0221. The first-order valence-electron chi connectivity index (χ1n) is 9.77. The van der Waals surface area contributed by atoms with Crippen LogP contribution in [0.3, 0.4) is 0 Å². The lowest BCUT2D eigenvalue weighted by Crippen LogP contribution is -2.72. The molecule has 2 aliphatic heterocycles. The van der Waals surface area contributed by atoms with Crippen molar-refractivity contribution in [2.75, 3.05) is 30.5 Å². The summed E-state index contributed by atoms with van der Waals surface area (Å²) in [7, 11) is 1.71. The molecule has 10 heteroatoms. The number of morpholine rings is 1. The minimum atomic E-state index is -0.271. The Morgan fingerprint density at radius 2 is 2.14 bits per heavy atom. The number of ether oxygens (including phenoxy) is 3. The fraction of sp³-hybridized carbons (Fsp3) is 0.579. The van der Waals surface area contributed by atoms with Gasteiger partial charge in [-0.15, -0.1) is 11.3 Å². The molecule has 0 radical (unpaired) electrons. The van der Waals surface area contributed by atoms with Crippen LogP contribution in [0, 0.1) is 5.41 Å². The lowest BCUT2D eigenvalue weighted by molar-refractivity contribution is -0.260. The molecule has 1 amide bonds. The molecule has 3 saturated carbocycles. The largest absolute Gasteiger partial charge is 0.435 e. The number of thiazole rings is 1. The van der Waals surface area contributed by atoms with E-state index in [4.69, 9.17) is 14.2 Å². The highest BCUT2D eigenvalue weighted by molar-refractivity contribution is 7.14. The van der Waals surface area contributed by atoms with Crippen LogP contribution in [0.2, 0.25) is 0 Å². The minimum Gasteiger partial charge on any atom is -0.435 e. The molecule has 9 nitrogen and oxygen atoms in total. The summed E-state index contributed by atoms with van der Waals surface area (Å²) in [5.41, 5.74) is -0.325. The van der Waals surface area contributed by atoms with E-state index >= 15 is 0 Å². The molecule has 2 unspecified atom stereocenters. The third kappa shape index (κ3) is 2.73. The lowest BCUT2D eigenvalue weighted by atomic mass is 9.41. The summed E-state index contributed by atoms with van der Waals surface area (Å²) < 4.78 is 16.8. The third-order valence-electron chi connectivity index (χ3n) is 6.59. The Kier molecular flexibility index (Phi) is 3.69. The maximum atomic E-state index is 12.5. The van der Waals surface area contributed by atoms with Crippen LogP contribution in [0.1, 0.15) is 25.7 Å². The normalized spacial score (nSPS) is 33.9. The second-order valence-electron chi connectivity index (χ2n) is 8.46. The fourth-order valence-electron chi connectivity index (χ4n) is 5.02. The van der Waals surface area contributed by atoms with Crippen LogP contribution in [0.5, 0.6) is 11.6 Å². The van der Waals surface area contributed by atoms with Gasteiger partial charge in [-0.1, -0.05) is 0 Å². The average Bonchev–Trinajstić information content (AvgIpc) is 3.38. The molecule has 2 aromatic heterocycles. The molecule has 5 fully saturated rings. The number of carbonyl (C=O) groups is 1. The molecule has 7 rings (SSSR count). The van der Waals surface area contributed by atoms with Crippen LogP contribution in [0.4, 0.5) is 11.1 Å². The van der Waals surface area contributed by atoms with E-state index in [0.29, 0.717) is 34.9 Å². The van der Waals surface area contributed by atoms with E-state index in [0.717, 1.165) is 38.8 Å². The first-order valence-corrected chi connectivity index (χ1v) is 10.6. The van der Waals surface area contributed by atoms with Crippen LogP contribution in [-0.2, 0) is 14.3 Å². The molecule has 152 valence electrons. The van der Waals surface area contributed by atoms with Crippen LogP contribution in [0.25, 0.3) is 0 Å². The Bertz CT molecular complexity index is 944. The number of hydrogen-bond acceptors (Lipinski definition) is 9. The van der Waals surface area contributed by atoms with Crippen molar-refractivity contribution in [1.82, 2.24) is 15.0 Å². The number of hydrogen-bond donors (Lipinski definition) is 1. The summed E-state index contributed by atoms with van der Waals surface area (Å²) in [6.45, 7) is 1.58. The van der Waals surface area contributed by atoms with Gasteiger partial charge in [-0.25, -0.2) is 9.97 Å². The quantitative estimate of drug-likeness (QED) is 0.767. The van der Waals surface area contributed by atoms with Crippen molar-refractivity contribution in [3.8, 4) is 11.6 Å². The zero-order valence-corrected chi connectivity index (χ0v) is 16.8. The van der Waals surface area contributed by atoms with E-state index in [2.05, 4.69) is 25.2 Å². The number of aromatic nitrogens is 3. The Hall–Kier alpha value is -2.30. The number of rotatable bonds is 6. The Morgan fingerprint density at radius 1 is 1.34 bits per heavy atom. The summed E-state index contributed by atoms with van der Waals surface area (Å²) in [6.07, 6.45) is 7.04. The molecule has 2 aromatic rings. The molecule has 4 bridgehead atoms. The summed E-state index contributed by atoms with van der Waals surface area (Å²) >= 11 is 1.34. The van der Waals surface area contributed by atoms with Crippen molar-refractivity contribution in [3.63, 3.8) is 0 Å². The first-order chi connectivity index (χ1) is 14.1. The van der Waals surface area contributed by atoms with Crippen molar-refractivity contribution >= 4 is 28.3 Å². The third-order valence-corrected chi connectivity index (χ3v) is 7.33. The van der Waals surface area contributed by atoms with Gasteiger partial charge in [0.25, 0.3) is 0 Å². The van der Waals surface area contributed by atoms with E-state index in [-0.39, 0.29) is 16.9 Å². The summed E-state index contributed by atoms with van der Waals surface area (Å²) in [5.74, 6) is 1.65. The molecule has 2 atom stereocenters. The first kappa shape index (κ1) is 17.5. The molecule has 0 spiro atoms. The van der Waals surface area contributed by atoms with Crippen LogP contribution < -0.4 is 15.0 Å². The number of anilines is 2. The zero-order chi connectivity index (χ0) is 19.6.